The number of hydrogen-bond acceptors (Lipinski definition) is 1. The van der Waals surface area contributed by atoms with Crippen molar-refractivity contribution in [2.24, 2.45) is 0 Å². The van der Waals surface area contributed by atoms with Crippen molar-refractivity contribution in [1.29, 1.82) is 0 Å². The molecule has 1 atom stereocenters. The summed E-state index contributed by atoms with van der Waals surface area (Å²) in [4.78, 5) is 0. The predicted molar refractivity (Wildman–Crippen MR) is 86.6 cm³/mol. The van der Waals surface area contributed by atoms with Gasteiger partial charge in [-0.1, -0.05) is 0 Å². The molecule has 0 amide bonds. The molecule has 1 rings (SSSR count). The molecular weight excluding hydrogens is 239 g/mol. The van der Waals surface area contributed by atoms with Crippen molar-refractivity contribution in [3.05, 3.63) is 0 Å². The first kappa shape index (κ1) is 16.4. The van der Waals surface area contributed by atoms with E-state index < -0.39 is 7.26 Å². The van der Waals surface area contributed by atoms with Gasteiger partial charge in [0.05, 0.1) is 0 Å². The quantitative estimate of drug-likeness (QED) is 0.493. The van der Waals surface area contributed by atoms with Gasteiger partial charge in [-0.15, -0.1) is 0 Å². The van der Waals surface area contributed by atoms with Crippen LogP contribution in [-0.2, 0) is 4.74 Å². The van der Waals surface area contributed by atoms with Crippen LogP contribution in [0.25, 0.3) is 0 Å². The molecule has 0 N–H and O–H groups in total. The molecule has 18 heavy (non-hydrogen) atoms. The number of hydrogen-bond donors (Lipinski definition) is 0. The van der Waals surface area contributed by atoms with Gasteiger partial charge < -0.3 is 0 Å². The van der Waals surface area contributed by atoms with Gasteiger partial charge >= 0.3 is 115 Å². The summed E-state index contributed by atoms with van der Waals surface area (Å²) in [5.74, 6) is 0.710. The molecule has 0 aromatic carbocycles. The van der Waals surface area contributed by atoms with E-state index in [1.807, 2.05) is 0 Å². The Morgan fingerprint density at radius 1 is 0.889 bits per heavy atom. The molecule has 1 unspecified atom stereocenters. The standard InChI is InChI=1S/C16H35OP/c1-4-7-13-18(14-8-5-2,15-9-6-3)16-11-10-12-17-16/h16,18H,4-15H2,1-3H3. The first-order valence-electron chi connectivity index (χ1n) is 8.40. The molecule has 1 aliphatic heterocycles. The third kappa shape index (κ3) is 4.82. The molecule has 0 aromatic heterocycles. The average Bonchev–Trinajstić information content (AvgIpc) is 2.93. The van der Waals surface area contributed by atoms with Crippen LogP contribution in [0, 0.1) is 0 Å². The molecule has 0 aliphatic carbocycles. The molecule has 0 radical (unpaired) electrons. The molecule has 110 valence electrons. The Balaban J connectivity index is 2.68. The van der Waals surface area contributed by atoms with Crippen molar-refractivity contribution in [3.8, 4) is 0 Å². The van der Waals surface area contributed by atoms with Gasteiger partial charge in [0.2, 0.25) is 0 Å². The zero-order valence-electron chi connectivity index (χ0n) is 13.0. The Bertz CT molecular complexity index is 177. The number of unbranched alkanes of at least 4 members (excludes halogenated alkanes) is 3. The van der Waals surface area contributed by atoms with Crippen LogP contribution in [0.2, 0.25) is 0 Å². The van der Waals surface area contributed by atoms with Crippen molar-refractivity contribution >= 4 is 7.26 Å². The molecular formula is C16H35OP. The van der Waals surface area contributed by atoms with Crippen molar-refractivity contribution in [1.82, 2.24) is 0 Å². The zero-order chi connectivity index (χ0) is 13.3. The second-order valence-corrected chi connectivity index (χ2v) is 11.0. The summed E-state index contributed by atoms with van der Waals surface area (Å²) in [6.45, 7) is 8.07. The first-order valence-corrected chi connectivity index (χ1v) is 11.1. The summed E-state index contributed by atoms with van der Waals surface area (Å²) < 4.78 is 6.17. The summed E-state index contributed by atoms with van der Waals surface area (Å²) in [7, 11) is -1.15. The molecule has 1 saturated heterocycles. The zero-order valence-corrected chi connectivity index (χ0v) is 14.0. The van der Waals surface area contributed by atoms with E-state index in [2.05, 4.69) is 20.8 Å². The van der Waals surface area contributed by atoms with Gasteiger partial charge in [0.25, 0.3) is 0 Å². The van der Waals surface area contributed by atoms with Gasteiger partial charge in [-0.05, 0) is 0 Å². The average molecular weight is 274 g/mol. The second-order valence-electron chi connectivity index (χ2n) is 6.17. The second kappa shape index (κ2) is 9.32. The Morgan fingerprint density at radius 3 is 1.72 bits per heavy atom. The van der Waals surface area contributed by atoms with E-state index in [1.54, 1.807) is 0 Å². The Kier molecular flexibility index (Phi) is 8.51. The summed E-state index contributed by atoms with van der Waals surface area (Å²) in [6, 6.07) is 0. The van der Waals surface area contributed by atoms with Crippen molar-refractivity contribution in [2.75, 3.05) is 25.1 Å². The van der Waals surface area contributed by atoms with Gasteiger partial charge in [-0.2, -0.15) is 0 Å². The number of rotatable bonds is 10. The minimum absolute atomic E-state index is 0.710. The van der Waals surface area contributed by atoms with Gasteiger partial charge in [0.15, 0.2) is 0 Å². The Morgan fingerprint density at radius 2 is 1.39 bits per heavy atom. The van der Waals surface area contributed by atoms with E-state index >= 15 is 0 Å². The fraction of sp³-hybridized carbons (Fsp3) is 1.00. The fourth-order valence-corrected chi connectivity index (χ4v) is 9.68. The summed E-state index contributed by atoms with van der Waals surface area (Å²) in [5.41, 5.74) is 0. The van der Waals surface area contributed by atoms with E-state index in [9.17, 15) is 0 Å². The molecule has 0 spiro atoms. The van der Waals surface area contributed by atoms with Gasteiger partial charge in [0.1, 0.15) is 0 Å². The van der Waals surface area contributed by atoms with Crippen molar-refractivity contribution < 1.29 is 4.74 Å². The molecule has 1 nitrogen and oxygen atoms in total. The molecule has 2 heteroatoms. The maximum absolute atomic E-state index is 6.17. The summed E-state index contributed by atoms with van der Waals surface area (Å²) in [5, 5.41) is 0. The summed E-state index contributed by atoms with van der Waals surface area (Å²) >= 11 is 0. The van der Waals surface area contributed by atoms with Crippen molar-refractivity contribution in [3.63, 3.8) is 0 Å². The minimum atomic E-state index is -1.15. The number of ether oxygens (including phenoxy) is 1. The summed E-state index contributed by atoms with van der Waals surface area (Å²) in [6.07, 6.45) is 15.7. The van der Waals surface area contributed by atoms with Crippen LogP contribution >= 0.6 is 7.26 Å². The molecule has 0 aromatic rings. The Labute approximate surface area is 115 Å². The van der Waals surface area contributed by atoms with Crippen LogP contribution in [0.5, 0.6) is 0 Å². The monoisotopic (exact) mass is 274 g/mol. The molecule has 1 fully saturated rings. The molecule has 0 bridgehead atoms. The van der Waals surface area contributed by atoms with Gasteiger partial charge in [0, 0.05) is 0 Å². The normalized spacial score (nSPS) is 21.4. The molecule has 1 aliphatic rings. The van der Waals surface area contributed by atoms with E-state index in [1.165, 1.54) is 69.9 Å². The van der Waals surface area contributed by atoms with Crippen LogP contribution in [0.4, 0.5) is 0 Å². The third-order valence-corrected chi connectivity index (χ3v) is 10.6. The Hall–Kier alpha value is 0.390. The van der Waals surface area contributed by atoms with Crippen LogP contribution in [0.3, 0.4) is 0 Å². The van der Waals surface area contributed by atoms with E-state index in [4.69, 9.17) is 4.74 Å². The van der Waals surface area contributed by atoms with E-state index in [-0.39, 0.29) is 0 Å². The third-order valence-electron chi connectivity index (χ3n) is 4.70. The maximum atomic E-state index is 6.17. The topological polar surface area (TPSA) is 9.23 Å². The van der Waals surface area contributed by atoms with Crippen molar-refractivity contribution in [2.45, 2.75) is 78.0 Å². The molecule has 1 heterocycles. The van der Waals surface area contributed by atoms with Crippen LogP contribution in [0.15, 0.2) is 0 Å². The van der Waals surface area contributed by atoms with Crippen LogP contribution in [0.1, 0.15) is 72.1 Å². The van der Waals surface area contributed by atoms with E-state index in [0.717, 1.165) is 6.61 Å². The SMILES string of the molecule is CCCC[PH](CCCC)(CCCC)C1CCCO1. The van der Waals surface area contributed by atoms with Gasteiger partial charge in [-0.25, -0.2) is 0 Å². The molecule has 0 saturated carbocycles. The first-order chi connectivity index (χ1) is 8.79. The van der Waals surface area contributed by atoms with Crippen LogP contribution < -0.4 is 0 Å². The predicted octanol–water partition coefficient (Wildman–Crippen LogP) is 5.27. The fourth-order valence-electron chi connectivity index (χ4n) is 3.51. The van der Waals surface area contributed by atoms with Gasteiger partial charge in [-0.3, -0.25) is 0 Å². The van der Waals surface area contributed by atoms with Crippen LogP contribution in [-0.4, -0.2) is 30.9 Å². The van der Waals surface area contributed by atoms with E-state index in [0.29, 0.717) is 5.85 Å².